The standard InChI is InChI=1S/C13H11BrF3NO2/c1-6(2)20-10-5-7(13(15,16)17)11-9(18-10)4-3-8(14)12(11)19/h3-6,19H,1-2H3. The fraction of sp³-hybridized carbons (Fsp3) is 0.308. The average Bonchev–Trinajstić information content (AvgIpc) is 2.31. The van der Waals surface area contributed by atoms with E-state index in [0.717, 1.165) is 6.07 Å². The normalized spacial score (nSPS) is 12.2. The molecule has 0 bridgehead atoms. The number of nitrogens with zero attached hydrogens (tertiary/aromatic N) is 1. The van der Waals surface area contributed by atoms with Crippen molar-refractivity contribution < 1.29 is 23.0 Å². The third-order valence-electron chi connectivity index (χ3n) is 2.54. The molecule has 1 heterocycles. The van der Waals surface area contributed by atoms with E-state index < -0.39 is 17.5 Å². The second-order valence-electron chi connectivity index (χ2n) is 4.46. The van der Waals surface area contributed by atoms with Crippen molar-refractivity contribution >= 4 is 26.8 Å². The van der Waals surface area contributed by atoms with Crippen LogP contribution < -0.4 is 4.74 Å². The molecule has 3 nitrogen and oxygen atoms in total. The number of aromatic nitrogens is 1. The lowest BCUT2D eigenvalue weighted by atomic mass is 10.1. The number of phenolic OH excluding ortho intramolecular Hbond substituents is 1. The minimum Gasteiger partial charge on any atom is -0.506 e. The molecule has 2 aromatic rings. The smallest absolute Gasteiger partial charge is 0.417 e. The number of rotatable bonds is 2. The molecule has 0 atom stereocenters. The summed E-state index contributed by atoms with van der Waals surface area (Å²) in [6.45, 7) is 3.39. The summed E-state index contributed by atoms with van der Waals surface area (Å²) >= 11 is 3.00. The fourth-order valence-electron chi connectivity index (χ4n) is 1.79. The number of halogens is 4. The molecule has 0 aliphatic rings. The molecule has 1 aromatic carbocycles. The fourth-order valence-corrected chi connectivity index (χ4v) is 2.12. The highest BCUT2D eigenvalue weighted by Crippen LogP contribution is 2.42. The molecule has 0 spiro atoms. The number of hydrogen-bond acceptors (Lipinski definition) is 3. The summed E-state index contributed by atoms with van der Waals surface area (Å²) in [6, 6.07) is 3.63. The van der Waals surface area contributed by atoms with E-state index in [0.29, 0.717) is 0 Å². The molecule has 1 aromatic heterocycles. The summed E-state index contributed by atoms with van der Waals surface area (Å²) in [6.07, 6.45) is -4.92. The molecule has 0 aliphatic heterocycles. The number of phenols is 1. The Hall–Kier alpha value is -1.50. The molecule has 0 radical (unpaired) electrons. The molecule has 20 heavy (non-hydrogen) atoms. The maximum atomic E-state index is 13.1. The highest BCUT2D eigenvalue weighted by Gasteiger charge is 2.35. The third-order valence-corrected chi connectivity index (χ3v) is 3.18. The van der Waals surface area contributed by atoms with Crippen LogP contribution in [0.25, 0.3) is 10.9 Å². The molecule has 2 rings (SSSR count). The number of ether oxygens (including phenoxy) is 1. The van der Waals surface area contributed by atoms with Gasteiger partial charge in [0, 0.05) is 6.07 Å². The lowest BCUT2D eigenvalue weighted by Crippen LogP contribution is -2.11. The van der Waals surface area contributed by atoms with Gasteiger partial charge in [-0.2, -0.15) is 13.2 Å². The van der Waals surface area contributed by atoms with Gasteiger partial charge in [0.1, 0.15) is 5.75 Å². The van der Waals surface area contributed by atoms with Crippen LogP contribution in [0.15, 0.2) is 22.7 Å². The van der Waals surface area contributed by atoms with Crippen LogP contribution in [0.4, 0.5) is 13.2 Å². The minimum atomic E-state index is -4.62. The van der Waals surface area contributed by atoms with Gasteiger partial charge in [-0.3, -0.25) is 0 Å². The predicted octanol–water partition coefficient (Wildman–Crippen LogP) is 4.51. The highest BCUT2D eigenvalue weighted by atomic mass is 79.9. The maximum Gasteiger partial charge on any atom is 0.417 e. The first-order chi connectivity index (χ1) is 9.20. The van der Waals surface area contributed by atoms with Gasteiger partial charge in [0.05, 0.1) is 27.0 Å². The zero-order chi connectivity index (χ0) is 15.1. The average molecular weight is 350 g/mol. The first-order valence-electron chi connectivity index (χ1n) is 5.76. The Balaban J connectivity index is 2.79. The van der Waals surface area contributed by atoms with E-state index in [-0.39, 0.29) is 27.4 Å². The molecule has 0 amide bonds. The number of aromatic hydroxyl groups is 1. The van der Waals surface area contributed by atoms with Gasteiger partial charge >= 0.3 is 6.18 Å². The summed E-state index contributed by atoms with van der Waals surface area (Å²) in [4.78, 5) is 3.99. The second kappa shape index (κ2) is 5.12. The Morgan fingerprint density at radius 1 is 1.30 bits per heavy atom. The van der Waals surface area contributed by atoms with Crippen LogP contribution in [-0.4, -0.2) is 16.2 Å². The monoisotopic (exact) mass is 349 g/mol. The van der Waals surface area contributed by atoms with Gasteiger partial charge in [-0.25, -0.2) is 4.98 Å². The van der Waals surface area contributed by atoms with Crippen LogP contribution in [0.1, 0.15) is 19.4 Å². The lowest BCUT2D eigenvalue weighted by molar-refractivity contribution is -0.136. The zero-order valence-corrected chi connectivity index (χ0v) is 12.2. The van der Waals surface area contributed by atoms with Gasteiger partial charge in [0.2, 0.25) is 5.88 Å². The SMILES string of the molecule is CC(C)Oc1cc(C(F)(F)F)c2c(O)c(Br)ccc2n1. The Kier molecular flexibility index (Phi) is 3.82. The highest BCUT2D eigenvalue weighted by molar-refractivity contribution is 9.10. The Labute approximate surface area is 121 Å². The Morgan fingerprint density at radius 3 is 2.50 bits per heavy atom. The van der Waals surface area contributed by atoms with Crippen LogP contribution in [0.3, 0.4) is 0 Å². The molecule has 108 valence electrons. The summed E-state index contributed by atoms with van der Waals surface area (Å²) < 4.78 is 44.8. The Morgan fingerprint density at radius 2 is 1.95 bits per heavy atom. The van der Waals surface area contributed by atoms with E-state index >= 15 is 0 Å². The van der Waals surface area contributed by atoms with Crippen molar-refractivity contribution in [2.45, 2.75) is 26.1 Å². The molecule has 0 aliphatic carbocycles. The molecule has 0 saturated heterocycles. The number of hydrogen-bond donors (Lipinski definition) is 1. The molecule has 1 N–H and O–H groups in total. The van der Waals surface area contributed by atoms with E-state index in [1.165, 1.54) is 12.1 Å². The maximum absolute atomic E-state index is 13.1. The van der Waals surface area contributed by atoms with Gasteiger partial charge in [-0.05, 0) is 41.9 Å². The largest absolute Gasteiger partial charge is 0.506 e. The van der Waals surface area contributed by atoms with Crippen molar-refractivity contribution in [3.05, 3.63) is 28.2 Å². The van der Waals surface area contributed by atoms with Crippen molar-refractivity contribution in [3.8, 4) is 11.6 Å². The van der Waals surface area contributed by atoms with E-state index in [2.05, 4.69) is 20.9 Å². The molecule has 7 heteroatoms. The molecule has 0 unspecified atom stereocenters. The van der Waals surface area contributed by atoms with Crippen LogP contribution >= 0.6 is 15.9 Å². The van der Waals surface area contributed by atoms with Gasteiger partial charge in [-0.15, -0.1) is 0 Å². The summed E-state index contributed by atoms with van der Waals surface area (Å²) in [7, 11) is 0. The summed E-state index contributed by atoms with van der Waals surface area (Å²) in [5.74, 6) is -0.611. The quantitative estimate of drug-likeness (QED) is 0.867. The zero-order valence-electron chi connectivity index (χ0n) is 10.6. The predicted molar refractivity (Wildman–Crippen MR) is 71.9 cm³/mol. The third kappa shape index (κ3) is 2.82. The molecule has 0 fully saturated rings. The van der Waals surface area contributed by atoms with Crippen LogP contribution in [0.5, 0.6) is 11.6 Å². The topological polar surface area (TPSA) is 42.4 Å². The molecular formula is C13H11BrF3NO2. The number of pyridine rings is 1. The van der Waals surface area contributed by atoms with Crippen LogP contribution in [-0.2, 0) is 6.18 Å². The first-order valence-corrected chi connectivity index (χ1v) is 6.55. The Bertz CT molecular complexity index is 656. The summed E-state index contributed by atoms with van der Waals surface area (Å²) in [5, 5.41) is 9.50. The van der Waals surface area contributed by atoms with Crippen molar-refractivity contribution in [1.29, 1.82) is 0 Å². The number of fused-ring (bicyclic) bond motifs is 1. The van der Waals surface area contributed by atoms with Crippen LogP contribution in [0.2, 0.25) is 0 Å². The van der Waals surface area contributed by atoms with Crippen molar-refractivity contribution in [2.75, 3.05) is 0 Å². The van der Waals surface area contributed by atoms with Crippen molar-refractivity contribution in [3.63, 3.8) is 0 Å². The molecule has 0 saturated carbocycles. The second-order valence-corrected chi connectivity index (χ2v) is 5.32. The minimum absolute atomic E-state index is 0.0242. The number of benzene rings is 1. The van der Waals surface area contributed by atoms with Gasteiger partial charge < -0.3 is 9.84 Å². The number of alkyl halides is 3. The van der Waals surface area contributed by atoms with E-state index in [1.54, 1.807) is 13.8 Å². The van der Waals surface area contributed by atoms with Crippen molar-refractivity contribution in [2.24, 2.45) is 0 Å². The van der Waals surface area contributed by atoms with Gasteiger partial charge in [0.25, 0.3) is 0 Å². The van der Waals surface area contributed by atoms with Gasteiger partial charge in [0.15, 0.2) is 0 Å². The van der Waals surface area contributed by atoms with E-state index in [1.807, 2.05) is 0 Å². The van der Waals surface area contributed by atoms with Gasteiger partial charge in [-0.1, -0.05) is 0 Å². The molecular weight excluding hydrogens is 339 g/mol. The first kappa shape index (κ1) is 14.9. The van der Waals surface area contributed by atoms with E-state index in [4.69, 9.17) is 4.74 Å². The van der Waals surface area contributed by atoms with Crippen molar-refractivity contribution in [1.82, 2.24) is 4.98 Å². The van der Waals surface area contributed by atoms with Crippen LogP contribution in [0, 0.1) is 0 Å². The summed E-state index contributed by atoms with van der Waals surface area (Å²) in [5.41, 5.74) is -0.951. The van der Waals surface area contributed by atoms with E-state index in [9.17, 15) is 18.3 Å². The lowest BCUT2D eigenvalue weighted by Gasteiger charge is -2.15.